The van der Waals surface area contributed by atoms with Gasteiger partial charge < -0.3 is 31.9 Å². The van der Waals surface area contributed by atoms with Crippen molar-refractivity contribution in [2.75, 3.05) is 12.0 Å². The van der Waals surface area contributed by atoms with Gasteiger partial charge in [-0.3, -0.25) is 14.4 Å². The number of carboxylic acid groups (broad SMARTS) is 1. The Bertz CT molecular complexity index is 896. The zero-order valence-electron chi connectivity index (χ0n) is 22.3. The molecule has 5 atom stereocenters. The van der Waals surface area contributed by atoms with Crippen LogP contribution in [0, 0.1) is 11.8 Å². The number of aliphatic carboxylic acids is 1. The zero-order valence-corrected chi connectivity index (χ0v) is 23.1. The number of aromatic hydroxyl groups is 1. The lowest BCUT2D eigenvalue weighted by atomic mass is 9.96. The number of hydrogen-bond acceptors (Lipinski definition) is 7. The third-order valence-corrected chi connectivity index (χ3v) is 6.73. The molecule has 11 heteroatoms. The van der Waals surface area contributed by atoms with Crippen molar-refractivity contribution in [3.8, 4) is 5.75 Å². The fourth-order valence-corrected chi connectivity index (χ4v) is 4.15. The summed E-state index contributed by atoms with van der Waals surface area (Å²) in [6.45, 7) is 7.62. The van der Waals surface area contributed by atoms with E-state index in [1.54, 1.807) is 12.1 Å². The van der Waals surface area contributed by atoms with Crippen molar-refractivity contribution in [1.29, 1.82) is 0 Å². The third kappa shape index (κ3) is 11.4. The van der Waals surface area contributed by atoms with E-state index in [1.165, 1.54) is 23.9 Å². The molecule has 208 valence electrons. The average Bonchev–Trinajstić information content (AvgIpc) is 2.84. The molecule has 1 aromatic carbocycles. The lowest BCUT2D eigenvalue weighted by molar-refractivity contribution is -0.142. The lowest BCUT2D eigenvalue weighted by Crippen LogP contribution is -2.59. The first-order valence-electron chi connectivity index (χ1n) is 12.6. The Labute approximate surface area is 223 Å². The number of carbonyl (C=O) groups is 4. The molecule has 0 aliphatic heterocycles. The van der Waals surface area contributed by atoms with Gasteiger partial charge in [-0.25, -0.2) is 4.79 Å². The Balaban J connectivity index is 3.01. The van der Waals surface area contributed by atoms with Gasteiger partial charge >= 0.3 is 5.97 Å². The van der Waals surface area contributed by atoms with Crippen LogP contribution in [0.3, 0.4) is 0 Å². The molecule has 0 aromatic heterocycles. The van der Waals surface area contributed by atoms with Crippen molar-refractivity contribution >= 4 is 35.5 Å². The lowest BCUT2D eigenvalue weighted by Gasteiger charge is -2.28. The molecular formula is C26H42N4O6S. The predicted octanol–water partition coefficient (Wildman–Crippen LogP) is 1.65. The van der Waals surface area contributed by atoms with Crippen LogP contribution in [0.1, 0.15) is 52.5 Å². The van der Waals surface area contributed by atoms with Crippen LogP contribution in [0.4, 0.5) is 0 Å². The second-order valence-corrected chi connectivity index (χ2v) is 10.7. The van der Waals surface area contributed by atoms with E-state index in [4.69, 9.17) is 5.73 Å². The Morgan fingerprint density at radius 1 is 0.946 bits per heavy atom. The highest BCUT2D eigenvalue weighted by Gasteiger charge is 2.32. The normalized spacial score (nSPS) is 15.2. The molecule has 37 heavy (non-hydrogen) atoms. The van der Waals surface area contributed by atoms with Crippen molar-refractivity contribution < 1.29 is 29.4 Å². The van der Waals surface area contributed by atoms with E-state index in [2.05, 4.69) is 16.0 Å². The molecule has 0 aliphatic carbocycles. The van der Waals surface area contributed by atoms with Crippen LogP contribution in [0.5, 0.6) is 5.75 Å². The van der Waals surface area contributed by atoms with Gasteiger partial charge in [0.2, 0.25) is 17.7 Å². The molecule has 0 aliphatic rings. The number of carbonyl (C=O) groups excluding carboxylic acids is 3. The van der Waals surface area contributed by atoms with Crippen molar-refractivity contribution in [1.82, 2.24) is 16.0 Å². The summed E-state index contributed by atoms with van der Waals surface area (Å²) >= 11 is 1.49. The first-order chi connectivity index (χ1) is 17.4. The molecular weight excluding hydrogens is 496 g/mol. The number of thioether (sulfide) groups is 1. The number of nitrogens with two attached hydrogens (primary N) is 1. The van der Waals surface area contributed by atoms with Gasteiger partial charge in [-0.15, -0.1) is 0 Å². The average molecular weight is 539 g/mol. The highest BCUT2D eigenvalue weighted by Crippen LogP contribution is 2.13. The van der Waals surface area contributed by atoms with E-state index >= 15 is 0 Å². The molecule has 7 N–H and O–H groups in total. The highest BCUT2D eigenvalue weighted by atomic mass is 32.2. The number of carboxylic acids is 1. The smallest absolute Gasteiger partial charge is 0.326 e. The summed E-state index contributed by atoms with van der Waals surface area (Å²) in [5.41, 5.74) is 6.62. The summed E-state index contributed by atoms with van der Waals surface area (Å²) in [5, 5.41) is 27.1. The van der Waals surface area contributed by atoms with Crippen molar-refractivity contribution in [3.63, 3.8) is 0 Å². The summed E-state index contributed by atoms with van der Waals surface area (Å²) in [7, 11) is 0. The van der Waals surface area contributed by atoms with Crippen LogP contribution in [-0.4, -0.2) is 70.1 Å². The van der Waals surface area contributed by atoms with Crippen LogP contribution in [0.15, 0.2) is 24.3 Å². The maximum atomic E-state index is 13.3. The first kappa shape index (κ1) is 32.2. The number of nitrogens with one attached hydrogen (secondary N) is 3. The van der Waals surface area contributed by atoms with E-state index in [0.717, 1.165) is 0 Å². The van der Waals surface area contributed by atoms with Gasteiger partial charge in [-0.05, 0) is 54.4 Å². The van der Waals surface area contributed by atoms with Crippen molar-refractivity contribution in [3.05, 3.63) is 29.8 Å². The highest BCUT2D eigenvalue weighted by molar-refractivity contribution is 7.98. The zero-order chi connectivity index (χ0) is 28.1. The summed E-state index contributed by atoms with van der Waals surface area (Å²) in [6.07, 6.45) is 3.21. The Kier molecular flexibility index (Phi) is 14.1. The minimum Gasteiger partial charge on any atom is -0.508 e. The fourth-order valence-electron chi connectivity index (χ4n) is 3.68. The number of phenols is 1. The van der Waals surface area contributed by atoms with Crippen LogP contribution >= 0.6 is 11.8 Å². The van der Waals surface area contributed by atoms with Gasteiger partial charge in [-0.1, -0.05) is 46.2 Å². The van der Waals surface area contributed by atoms with Crippen molar-refractivity contribution in [2.24, 2.45) is 17.6 Å². The summed E-state index contributed by atoms with van der Waals surface area (Å²) in [5.74, 6) is -2.22. The molecule has 0 radical (unpaired) electrons. The Morgan fingerprint density at radius 3 is 2.05 bits per heavy atom. The van der Waals surface area contributed by atoms with Gasteiger partial charge in [-0.2, -0.15) is 11.8 Å². The summed E-state index contributed by atoms with van der Waals surface area (Å²) < 4.78 is 0. The van der Waals surface area contributed by atoms with Crippen LogP contribution in [-0.2, 0) is 25.6 Å². The first-order valence-corrected chi connectivity index (χ1v) is 13.9. The molecule has 1 aromatic rings. The standard InChI is InChI=1S/C26H42N4O6S/c1-6-16(4)22(30-23(32)19(27)13-15(2)3)25(34)28-20(11-12-37-5)24(33)29-21(26(35)36)14-17-7-9-18(31)10-8-17/h7-10,15-16,19-22,31H,6,11-14,27H2,1-5H3,(H,28,34)(H,29,33)(H,30,32)(H,35,36). The summed E-state index contributed by atoms with van der Waals surface area (Å²) in [4.78, 5) is 50.9. The molecule has 0 spiro atoms. The molecule has 3 amide bonds. The monoisotopic (exact) mass is 538 g/mol. The molecule has 5 unspecified atom stereocenters. The van der Waals surface area contributed by atoms with Gasteiger partial charge in [0.05, 0.1) is 6.04 Å². The van der Waals surface area contributed by atoms with Crippen LogP contribution in [0.25, 0.3) is 0 Å². The molecule has 0 saturated heterocycles. The SMILES string of the molecule is CCC(C)C(NC(=O)C(N)CC(C)C)C(=O)NC(CCSC)C(=O)NC(Cc1ccc(O)cc1)C(=O)O. The van der Waals surface area contributed by atoms with Crippen molar-refractivity contribution in [2.45, 2.75) is 77.5 Å². The number of rotatable bonds is 16. The Morgan fingerprint density at radius 2 is 1.54 bits per heavy atom. The Hall–Kier alpha value is -2.79. The van der Waals surface area contributed by atoms with E-state index in [0.29, 0.717) is 24.2 Å². The molecule has 1 rings (SSSR count). The molecule has 0 fully saturated rings. The molecule has 10 nitrogen and oxygen atoms in total. The maximum absolute atomic E-state index is 13.3. The van der Waals surface area contributed by atoms with Gasteiger partial charge in [0.1, 0.15) is 23.9 Å². The molecule has 0 heterocycles. The second kappa shape index (κ2) is 16.1. The van der Waals surface area contributed by atoms with E-state index in [9.17, 15) is 29.4 Å². The van der Waals surface area contributed by atoms with Gasteiger partial charge in [0.15, 0.2) is 0 Å². The minimum absolute atomic E-state index is 0.00381. The van der Waals surface area contributed by atoms with E-state index in [1.807, 2.05) is 34.0 Å². The van der Waals surface area contributed by atoms with E-state index in [-0.39, 0.29) is 30.4 Å². The molecule has 0 bridgehead atoms. The number of amides is 3. The fraction of sp³-hybridized carbons (Fsp3) is 0.615. The topological polar surface area (TPSA) is 171 Å². The van der Waals surface area contributed by atoms with Crippen LogP contribution in [0.2, 0.25) is 0 Å². The van der Waals surface area contributed by atoms with E-state index < -0.39 is 47.9 Å². The second-order valence-electron chi connectivity index (χ2n) is 9.72. The number of hydrogen-bond donors (Lipinski definition) is 6. The maximum Gasteiger partial charge on any atom is 0.326 e. The minimum atomic E-state index is -1.23. The number of phenolic OH excluding ortho intramolecular Hbond substituents is 1. The summed E-state index contributed by atoms with van der Waals surface area (Å²) in [6, 6.07) is 2.15. The molecule has 0 saturated carbocycles. The van der Waals surface area contributed by atoms with Gasteiger partial charge in [0.25, 0.3) is 0 Å². The van der Waals surface area contributed by atoms with Gasteiger partial charge in [0, 0.05) is 6.42 Å². The third-order valence-electron chi connectivity index (χ3n) is 6.09. The quantitative estimate of drug-likeness (QED) is 0.184. The number of benzene rings is 1. The van der Waals surface area contributed by atoms with Crippen LogP contribution < -0.4 is 21.7 Å². The largest absolute Gasteiger partial charge is 0.508 e. The predicted molar refractivity (Wildman–Crippen MR) is 145 cm³/mol.